The van der Waals surface area contributed by atoms with Gasteiger partial charge in [-0.2, -0.15) is 0 Å². The zero-order chi connectivity index (χ0) is 19.9. The van der Waals surface area contributed by atoms with Crippen LogP contribution in [0.4, 0.5) is 0 Å². The molecule has 0 aliphatic heterocycles. The Morgan fingerprint density at radius 1 is 0.862 bits per heavy atom. The predicted molar refractivity (Wildman–Crippen MR) is 131 cm³/mol. The Morgan fingerprint density at radius 2 is 1.48 bits per heavy atom. The molecule has 0 atom stereocenters. The lowest BCUT2D eigenvalue weighted by Gasteiger charge is -2.20. The van der Waals surface area contributed by atoms with E-state index in [4.69, 9.17) is 9.47 Å². The van der Waals surface area contributed by atoms with Gasteiger partial charge < -0.3 is 20.1 Å². The molecule has 0 spiro atoms. The molecule has 5 nitrogen and oxygen atoms in total. The molecule has 0 unspecified atom stereocenters. The monoisotopic (exact) mass is 511 g/mol. The second kappa shape index (κ2) is 16.2. The quantitative estimate of drug-likeness (QED) is 0.196. The molecule has 0 heterocycles. The zero-order valence-electron chi connectivity index (χ0n) is 17.5. The van der Waals surface area contributed by atoms with Crippen LogP contribution in [0, 0.1) is 0 Å². The highest BCUT2D eigenvalue weighted by atomic mass is 127. The standard InChI is InChI=1S/C23H33N3O2.HI/c1-24-23(25-15-9-10-16-28-18-17-27-2)26-19-22(20-11-5-3-6-12-20)21-13-7-4-8-14-21;/h3-8,11-14,22H,9-10,15-19H2,1-2H3,(H2,24,25,26);1H. The number of nitrogens with zero attached hydrogens (tertiary/aromatic N) is 1. The molecule has 2 aromatic carbocycles. The number of halogens is 1. The molecule has 6 heteroatoms. The van der Waals surface area contributed by atoms with Crippen LogP contribution in [-0.4, -0.2) is 53.0 Å². The van der Waals surface area contributed by atoms with Gasteiger partial charge >= 0.3 is 0 Å². The second-order valence-electron chi connectivity index (χ2n) is 6.57. The summed E-state index contributed by atoms with van der Waals surface area (Å²) in [6, 6.07) is 21.2. The SMILES string of the molecule is CN=C(NCCCCOCCOC)NCC(c1ccccc1)c1ccccc1.I. The third-order valence-corrected chi connectivity index (χ3v) is 4.54. The van der Waals surface area contributed by atoms with Crippen LogP contribution < -0.4 is 10.6 Å². The van der Waals surface area contributed by atoms with Gasteiger partial charge in [-0.1, -0.05) is 60.7 Å². The molecule has 2 aromatic rings. The second-order valence-corrected chi connectivity index (χ2v) is 6.57. The van der Waals surface area contributed by atoms with E-state index in [1.165, 1.54) is 11.1 Å². The minimum atomic E-state index is 0. The van der Waals surface area contributed by atoms with Crippen LogP contribution in [0.2, 0.25) is 0 Å². The summed E-state index contributed by atoms with van der Waals surface area (Å²) in [7, 11) is 3.50. The van der Waals surface area contributed by atoms with Gasteiger partial charge in [-0.3, -0.25) is 4.99 Å². The average molecular weight is 511 g/mol. The molecular formula is C23H34IN3O2. The Morgan fingerprint density at radius 3 is 2.03 bits per heavy atom. The van der Waals surface area contributed by atoms with Crippen LogP contribution in [0.25, 0.3) is 0 Å². The first-order valence-corrected chi connectivity index (χ1v) is 9.96. The van der Waals surface area contributed by atoms with Crippen LogP contribution in [-0.2, 0) is 9.47 Å². The van der Waals surface area contributed by atoms with Gasteiger partial charge in [-0.25, -0.2) is 0 Å². The highest BCUT2D eigenvalue weighted by Gasteiger charge is 2.14. The lowest BCUT2D eigenvalue weighted by atomic mass is 9.91. The van der Waals surface area contributed by atoms with Gasteiger partial charge in [-0.15, -0.1) is 24.0 Å². The van der Waals surface area contributed by atoms with Crippen molar-refractivity contribution in [2.45, 2.75) is 18.8 Å². The van der Waals surface area contributed by atoms with Gasteiger partial charge in [0.2, 0.25) is 0 Å². The van der Waals surface area contributed by atoms with Crippen LogP contribution >= 0.6 is 24.0 Å². The first-order chi connectivity index (χ1) is 13.8. The van der Waals surface area contributed by atoms with E-state index >= 15 is 0 Å². The van der Waals surface area contributed by atoms with Crippen molar-refractivity contribution in [1.29, 1.82) is 0 Å². The van der Waals surface area contributed by atoms with Gasteiger partial charge in [0.15, 0.2) is 5.96 Å². The van der Waals surface area contributed by atoms with E-state index in [1.54, 1.807) is 7.11 Å². The summed E-state index contributed by atoms with van der Waals surface area (Å²) < 4.78 is 10.4. The van der Waals surface area contributed by atoms with Crippen molar-refractivity contribution < 1.29 is 9.47 Å². The van der Waals surface area contributed by atoms with Crippen molar-refractivity contribution in [3.05, 3.63) is 71.8 Å². The minimum absolute atomic E-state index is 0. The maximum absolute atomic E-state index is 5.49. The van der Waals surface area contributed by atoms with E-state index < -0.39 is 0 Å². The van der Waals surface area contributed by atoms with Crippen molar-refractivity contribution in [2.75, 3.05) is 47.1 Å². The molecule has 2 N–H and O–H groups in total. The molecule has 0 saturated carbocycles. The molecule has 0 bridgehead atoms. The summed E-state index contributed by atoms with van der Waals surface area (Å²) in [5.41, 5.74) is 2.59. The van der Waals surface area contributed by atoms with E-state index in [2.05, 4.69) is 76.3 Å². The molecule has 0 amide bonds. The zero-order valence-corrected chi connectivity index (χ0v) is 19.8. The fraction of sp³-hybridized carbons (Fsp3) is 0.435. The van der Waals surface area contributed by atoms with Crippen molar-refractivity contribution in [2.24, 2.45) is 4.99 Å². The Kier molecular flexibility index (Phi) is 14.2. The van der Waals surface area contributed by atoms with Crippen LogP contribution in [0.1, 0.15) is 29.9 Å². The number of benzene rings is 2. The maximum atomic E-state index is 5.49. The first-order valence-electron chi connectivity index (χ1n) is 9.96. The maximum Gasteiger partial charge on any atom is 0.191 e. The summed E-state index contributed by atoms with van der Waals surface area (Å²) in [5, 5.41) is 6.86. The van der Waals surface area contributed by atoms with Gasteiger partial charge in [0.1, 0.15) is 0 Å². The topological polar surface area (TPSA) is 54.9 Å². The molecular weight excluding hydrogens is 477 g/mol. The molecule has 0 aromatic heterocycles. The molecule has 0 radical (unpaired) electrons. The average Bonchev–Trinajstić information content (AvgIpc) is 2.75. The van der Waals surface area contributed by atoms with Gasteiger partial charge in [0, 0.05) is 39.8 Å². The summed E-state index contributed by atoms with van der Waals surface area (Å²) in [5.74, 6) is 1.10. The number of unbranched alkanes of at least 4 members (excludes halogenated alkanes) is 1. The van der Waals surface area contributed by atoms with E-state index in [9.17, 15) is 0 Å². The molecule has 0 saturated heterocycles. The molecule has 29 heavy (non-hydrogen) atoms. The smallest absolute Gasteiger partial charge is 0.191 e. The highest BCUT2D eigenvalue weighted by molar-refractivity contribution is 14.0. The van der Waals surface area contributed by atoms with E-state index in [0.29, 0.717) is 13.2 Å². The number of hydrogen-bond acceptors (Lipinski definition) is 3. The molecule has 0 aliphatic rings. The normalized spacial score (nSPS) is 11.2. The predicted octanol–water partition coefficient (Wildman–Crippen LogP) is 4.04. The number of ether oxygens (including phenoxy) is 2. The largest absolute Gasteiger partial charge is 0.382 e. The first kappa shape index (κ1) is 25.4. The number of aliphatic imine (C=N–C) groups is 1. The van der Waals surface area contributed by atoms with Crippen LogP contribution in [0.15, 0.2) is 65.7 Å². The fourth-order valence-corrected chi connectivity index (χ4v) is 3.00. The summed E-state index contributed by atoms with van der Waals surface area (Å²) >= 11 is 0. The van der Waals surface area contributed by atoms with Gasteiger partial charge in [-0.05, 0) is 24.0 Å². The van der Waals surface area contributed by atoms with Crippen LogP contribution in [0.3, 0.4) is 0 Å². The van der Waals surface area contributed by atoms with Crippen molar-refractivity contribution >= 4 is 29.9 Å². The lowest BCUT2D eigenvalue weighted by Crippen LogP contribution is -2.40. The van der Waals surface area contributed by atoms with Gasteiger partial charge in [0.25, 0.3) is 0 Å². The number of nitrogens with one attached hydrogen (secondary N) is 2. The van der Waals surface area contributed by atoms with E-state index in [1.807, 2.05) is 7.05 Å². The Bertz CT molecular complexity index is 629. The Balaban J connectivity index is 0.00000420. The fourth-order valence-electron chi connectivity index (χ4n) is 3.00. The number of rotatable bonds is 12. The summed E-state index contributed by atoms with van der Waals surface area (Å²) in [6.07, 6.45) is 2.05. The Hall–Kier alpha value is -1.64. The molecule has 160 valence electrons. The van der Waals surface area contributed by atoms with Crippen LogP contribution in [0.5, 0.6) is 0 Å². The third kappa shape index (κ3) is 10.1. The van der Waals surface area contributed by atoms with Crippen molar-refractivity contribution in [1.82, 2.24) is 10.6 Å². The van der Waals surface area contributed by atoms with Crippen molar-refractivity contribution in [3.63, 3.8) is 0 Å². The summed E-state index contributed by atoms with van der Waals surface area (Å²) in [6.45, 7) is 3.73. The van der Waals surface area contributed by atoms with Crippen molar-refractivity contribution in [3.8, 4) is 0 Å². The lowest BCUT2D eigenvalue weighted by molar-refractivity contribution is 0.0689. The summed E-state index contributed by atoms with van der Waals surface area (Å²) in [4.78, 5) is 4.35. The third-order valence-electron chi connectivity index (χ3n) is 4.54. The van der Waals surface area contributed by atoms with E-state index in [-0.39, 0.29) is 29.9 Å². The Labute approximate surface area is 192 Å². The minimum Gasteiger partial charge on any atom is -0.382 e. The highest BCUT2D eigenvalue weighted by Crippen LogP contribution is 2.23. The molecule has 0 aliphatic carbocycles. The molecule has 0 fully saturated rings. The number of guanidine groups is 1. The van der Waals surface area contributed by atoms with E-state index in [0.717, 1.165) is 38.5 Å². The number of methoxy groups -OCH3 is 1. The molecule has 2 rings (SSSR count). The van der Waals surface area contributed by atoms with Gasteiger partial charge in [0.05, 0.1) is 13.2 Å². The number of hydrogen-bond donors (Lipinski definition) is 2.